The molecule has 116 valence electrons. The third-order valence-corrected chi connectivity index (χ3v) is 5.25. The molecule has 0 spiro atoms. The van der Waals surface area contributed by atoms with Gasteiger partial charge < -0.3 is 10.0 Å². The van der Waals surface area contributed by atoms with E-state index in [0.717, 1.165) is 17.8 Å². The highest BCUT2D eigenvalue weighted by atomic mass is 32.1. The summed E-state index contributed by atoms with van der Waals surface area (Å²) in [6.07, 6.45) is 2.25. The average molecular weight is 310 g/mol. The Morgan fingerprint density at radius 1 is 1.33 bits per heavy atom. The van der Waals surface area contributed by atoms with E-state index in [1.165, 1.54) is 16.2 Å². The van der Waals surface area contributed by atoms with E-state index in [0.29, 0.717) is 23.5 Å². The van der Waals surface area contributed by atoms with Gasteiger partial charge in [-0.2, -0.15) is 0 Å². The largest absolute Gasteiger partial charge is 0.480 e. The van der Waals surface area contributed by atoms with Crippen LogP contribution in [0.15, 0.2) is 0 Å². The maximum atomic E-state index is 12.7. The first-order valence-corrected chi connectivity index (χ1v) is 8.05. The number of carbonyl (C=O) groups is 2. The van der Waals surface area contributed by atoms with E-state index >= 15 is 0 Å². The molecule has 0 aliphatic carbocycles. The first kappa shape index (κ1) is 15.9. The average Bonchev–Trinajstić information content (AvgIpc) is 2.80. The monoisotopic (exact) mass is 310 g/mol. The van der Waals surface area contributed by atoms with E-state index in [1.54, 1.807) is 0 Å². The topological polar surface area (TPSA) is 70.5 Å². The minimum absolute atomic E-state index is 0.109. The van der Waals surface area contributed by atoms with Crippen molar-refractivity contribution in [3.05, 3.63) is 15.6 Å². The number of hydrogen-bond acceptors (Lipinski definition) is 4. The number of thiazole rings is 1. The van der Waals surface area contributed by atoms with Gasteiger partial charge in [0.15, 0.2) is 0 Å². The van der Waals surface area contributed by atoms with Crippen LogP contribution < -0.4 is 0 Å². The second kappa shape index (κ2) is 5.75. The van der Waals surface area contributed by atoms with E-state index in [9.17, 15) is 14.7 Å². The van der Waals surface area contributed by atoms with E-state index in [2.05, 4.69) is 25.8 Å². The lowest BCUT2D eigenvalue weighted by molar-refractivity contribution is -0.143. The lowest BCUT2D eigenvalue weighted by Crippen LogP contribution is -2.47. The quantitative estimate of drug-likeness (QED) is 0.912. The number of aliphatic carboxylic acids is 1. The Bertz CT molecular complexity index is 560. The standard InChI is InChI=1S/C15H22N2O3S/c1-9-11(21-14(16-9)15(2,3)4)12(18)17-8-6-5-7-10(17)13(19)20/h10H,5-8H2,1-4H3,(H,19,20). The molecule has 0 saturated carbocycles. The second-order valence-electron chi connectivity index (χ2n) is 6.53. The number of carboxylic acids is 1. The lowest BCUT2D eigenvalue weighted by atomic mass is 9.98. The summed E-state index contributed by atoms with van der Waals surface area (Å²) in [7, 11) is 0. The van der Waals surface area contributed by atoms with Crippen molar-refractivity contribution >= 4 is 23.2 Å². The van der Waals surface area contributed by atoms with Gasteiger partial charge in [-0.15, -0.1) is 11.3 Å². The summed E-state index contributed by atoms with van der Waals surface area (Å²) in [5.41, 5.74) is 0.590. The Kier molecular flexibility index (Phi) is 4.37. The maximum Gasteiger partial charge on any atom is 0.326 e. The van der Waals surface area contributed by atoms with Crippen molar-refractivity contribution in [2.75, 3.05) is 6.54 Å². The zero-order valence-corrected chi connectivity index (χ0v) is 13.8. The normalized spacial score (nSPS) is 19.6. The van der Waals surface area contributed by atoms with Gasteiger partial charge in [-0.25, -0.2) is 9.78 Å². The molecule has 1 aromatic rings. The van der Waals surface area contributed by atoms with Crippen molar-refractivity contribution in [1.29, 1.82) is 0 Å². The molecule has 1 saturated heterocycles. The molecule has 21 heavy (non-hydrogen) atoms. The number of rotatable bonds is 2. The van der Waals surface area contributed by atoms with Gasteiger partial charge in [-0.05, 0) is 26.2 Å². The minimum atomic E-state index is -0.915. The molecule has 0 aromatic carbocycles. The van der Waals surface area contributed by atoms with Crippen LogP contribution in [0.25, 0.3) is 0 Å². The second-order valence-corrected chi connectivity index (χ2v) is 7.53. The zero-order chi connectivity index (χ0) is 15.8. The molecule has 0 radical (unpaired) electrons. The first-order chi connectivity index (χ1) is 9.71. The third kappa shape index (κ3) is 3.26. The SMILES string of the molecule is Cc1nc(C(C)(C)C)sc1C(=O)N1CCCCC1C(=O)O. The third-order valence-electron chi connectivity index (χ3n) is 3.68. The van der Waals surface area contributed by atoms with Crippen LogP contribution in [0.4, 0.5) is 0 Å². The summed E-state index contributed by atoms with van der Waals surface area (Å²) in [4.78, 5) is 30.6. The van der Waals surface area contributed by atoms with Gasteiger partial charge in [-0.3, -0.25) is 4.79 Å². The molecule has 1 aromatic heterocycles. The number of carboxylic acid groups (broad SMARTS) is 1. The summed E-state index contributed by atoms with van der Waals surface area (Å²) in [6, 6.07) is -0.703. The molecular formula is C15H22N2O3S. The van der Waals surface area contributed by atoms with Gasteiger partial charge in [0.05, 0.1) is 10.7 Å². The van der Waals surface area contributed by atoms with Gasteiger partial charge in [0.25, 0.3) is 5.91 Å². The van der Waals surface area contributed by atoms with Crippen LogP contribution in [0.3, 0.4) is 0 Å². The van der Waals surface area contributed by atoms with Crippen LogP contribution in [0.2, 0.25) is 0 Å². The number of carbonyl (C=O) groups excluding carboxylic acids is 1. The number of aryl methyl sites for hydroxylation is 1. The number of aromatic nitrogens is 1. The number of nitrogens with zero attached hydrogens (tertiary/aromatic N) is 2. The zero-order valence-electron chi connectivity index (χ0n) is 13.0. The highest BCUT2D eigenvalue weighted by Crippen LogP contribution is 2.31. The molecule has 1 aliphatic heterocycles. The molecule has 1 fully saturated rings. The van der Waals surface area contributed by atoms with Crippen LogP contribution in [0, 0.1) is 6.92 Å². The van der Waals surface area contributed by atoms with E-state index in [4.69, 9.17) is 0 Å². The number of amides is 1. The van der Waals surface area contributed by atoms with E-state index < -0.39 is 12.0 Å². The molecule has 1 amide bonds. The molecule has 1 aliphatic rings. The molecule has 6 heteroatoms. The van der Waals surface area contributed by atoms with Crippen molar-refractivity contribution in [3.63, 3.8) is 0 Å². The number of likely N-dealkylation sites (tertiary alicyclic amines) is 1. The molecule has 2 rings (SSSR count). The van der Waals surface area contributed by atoms with Crippen LogP contribution in [-0.2, 0) is 10.2 Å². The molecule has 1 atom stereocenters. The fraction of sp³-hybridized carbons (Fsp3) is 0.667. The summed E-state index contributed by atoms with van der Waals surface area (Å²) in [5.74, 6) is -1.10. The Morgan fingerprint density at radius 3 is 2.52 bits per heavy atom. The molecule has 0 bridgehead atoms. The Hall–Kier alpha value is -1.43. The van der Waals surface area contributed by atoms with E-state index in [-0.39, 0.29) is 11.3 Å². The van der Waals surface area contributed by atoms with Crippen molar-refractivity contribution in [3.8, 4) is 0 Å². The van der Waals surface area contributed by atoms with Crippen LogP contribution >= 0.6 is 11.3 Å². The van der Waals surface area contributed by atoms with Crippen molar-refractivity contribution in [2.45, 2.75) is 58.4 Å². The van der Waals surface area contributed by atoms with Gasteiger partial charge in [-0.1, -0.05) is 20.8 Å². The first-order valence-electron chi connectivity index (χ1n) is 7.23. The minimum Gasteiger partial charge on any atom is -0.480 e. The predicted octanol–water partition coefficient (Wildman–Crippen LogP) is 2.83. The maximum absolute atomic E-state index is 12.7. The summed E-state index contributed by atoms with van der Waals surface area (Å²) in [5, 5.41) is 10.2. The van der Waals surface area contributed by atoms with Gasteiger partial charge in [0, 0.05) is 12.0 Å². The van der Waals surface area contributed by atoms with Gasteiger partial charge in [0.2, 0.25) is 0 Å². The molecular weight excluding hydrogens is 288 g/mol. The summed E-state index contributed by atoms with van der Waals surface area (Å²) >= 11 is 1.39. The lowest BCUT2D eigenvalue weighted by Gasteiger charge is -2.32. The van der Waals surface area contributed by atoms with Crippen molar-refractivity contribution in [1.82, 2.24) is 9.88 Å². The highest BCUT2D eigenvalue weighted by Gasteiger charge is 2.34. The fourth-order valence-electron chi connectivity index (χ4n) is 2.48. The van der Waals surface area contributed by atoms with Gasteiger partial charge in [0.1, 0.15) is 10.9 Å². The fourth-order valence-corrected chi connectivity index (χ4v) is 3.56. The van der Waals surface area contributed by atoms with Crippen molar-refractivity contribution < 1.29 is 14.7 Å². The summed E-state index contributed by atoms with van der Waals surface area (Å²) in [6.45, 7) is 8.50. The predicted molar refractivity (Wildman–Crippen MR) is 81.9 cm³/mol. The molecule has 2 heterocycles. The van der Waals surface area contributed by atoms with Gasteiger partial charge >= 0.3 is 5.97 Å². The van der Waals surface area contributed by atoms with Crippen LogP contribution in [0.1, 0.15) is 60.4 Å². The highest BCUT2D eigenvalue weighted by molar-refractivity contribution is 7.14. The molecule has 5 nitrogen and oxygen atoms in total. The van der Waals surface area contributed by atoms with E-state index in [1.807, 2.05) is 6.92 Å². The number of hydrogen-bond donors (Lipinski definition) is 1. The Morgan fingerprint density at radius 2 is 2.00 bits per heavy atom. The number of piperidine rings is 1. The Labute approximate surface area is 129 Å². The van der Waals surface area contributed by atoms with Crippen molar-refractivity contribution in [2.24, 2.45) is 0 Å². The molecule has 1 N–H and O–H groups in total. The van der Waals surface area contributed by atoms with Crippen LogP contribution in [0.5, 0.6) is 0 Å². The smallest absolute Gasteiger partial charge is 0.326 e. The summed E-state index contributed by atoms with van der Waals surface area (Å²) < 4.78 is 0. The molecule has 1 unspecified atom stereocenters. The Balaban J connectivity index is 2.31. The van der Waals surface area contributed by atoms with Crippen LogP contribution in [-0.4, -0.2) is 39.5 Å².